The zero-order valence-electron chi connectivity index (χ0n) is 10.9. The quantitative estimate of drug-likeness (QED) is 0.771. The number of carbonyl (C=O) groups is 1. The Morgan fingerprint density at radius 3 is 2.60 bits per heavy atom. The Hall–Kier alpha value is -1.38. The van der Waals surface area contributed by atoms with Gasteiger partial charge in [0.15, 0.2) is 0 Å². The maximum absolute atomic E-state index is 12.3. The number of nitrogens with one attached hydrogen (secondary N) is 1. The highest BCUT2D eigenvalue weighted by molar-refractivity contribution is 7.15. The molecule has 2 N–H and O–H groups in total. The van der Waals surface area contributed by atoms with Crippen LogP contribution in [0, 0.1) is 5.92 Å². The van der Waals surface area contributed by atoms with Crippen LogP contribution in [0.25, 0.3) is 0 Å². The minimum Gasteiger partial charge on any atom is -0.481 e. The first-order valence-electron chi connectivity index (χ1n) is 6.19. The molecular weight excluding hydrogens is 295 g/mol. The molecule has 1 atom stereocenters. The Balaban J connectivity index is 2.35. The number of aliphatic carboxylic acids is 1. The van der Waals surface area contributed by atoms with Gasteiger partial charge in [-0.25, -0.2) is 0 Å². The molecule has 0 amide bonds. The highest BCUT2D eigenvalue weighted by Gasteiger charge is 2.35. The number of anilines is 1. The van der Waals surface area contributed by atoms with Crippen molar-refractivity contribution >= 4 is 22.4 Å². The molecule has 0 radical (unpaired) electrons. The van der Waals surface area contributed by atoms with E-state index in [0.29, 0.717) is 30.7 Å². The van der Waals surface area contributed by atoms with Gasteiger partial charge >= 0.3 is 12.1 Å². The van der Waals surface area contributed by atoms with Crippen LogP contribution in [0.2, 0.25) is 0 Å². The predicted molar refractivity (Wildman–Crippen MR) is 68.7 cm³/mol. The third kappa shape index (κ3) is 5.72. The van der Waals surface area contributed by atoms with Gasteiger partial charge in [0.25, 0.3) is 0 Å². The Morgan fingerprint density at radius 2 is 2.10 bits per heavy atom. The first-order chi connectivity index (χ1) is 9.32. The van der Waals surface area contributed by atoms with Crippen molar-refractivity contribution in [3.8, 4) is 0 Å². The van der Waals surface area contributed by atoms with Crippen LogP contribution in [0.3, 0.4) is 0 Å². The van der Waals surface area contributed by atoms with E-state index < -0.39 is 17.2 Å². The van der Waals surface area contributed by atoms with Crippen molar-refractivity contribution < 1.29 is 23.1 Å². The molecule has 0 saturated heterocycles. The lowest BCUT2D eigenvalue weighted by molar-refractivity contribution is -0.138. The number of halogens is 3. The highest BCUT2D eigenvalue weighted by atomic mass is 32.1. The molecule has 0 spiro atoms. The summed E-state index contributed by atoms with van der Waals surface area (Å²) in [7, 11) is 0. The molecule has 0 saturated carbocycles. The molecule has 0 aliphatic heterocycles. The fourth-order valence-corrected chi connectivity index (χ4v) is 2.31. The highest BCUT2D eigenvalue weighted by Crippen LogP contribution is 2.33. The van der Waals surface area contributed by atoms with Gasteiger partial charge in [-0.15, -0.1) is 10.2 Å². The van der Waals surface area contributed by atoms with Crippen molar-refractivity contribution in [2.24, 2.45) is 5.92 Å². The van der Waals surface area contributed by atoms with E-state index in [1.807, 2.05) is 6.92 Å². The fraction of sp³-hybridized carbons (Fsp3) is 0.727. The number of carboxylic acids is 1. The normalized spacial score (nSPS) is 13.2. The lowest BCUT2D eigenvalue weighted by Crippen LogP contribution is -2.10. The van der Waals surface area contributed by atoms with E-state index in [1.165, 1.54) is 0 Å². The molecule has 1 unspecified atom stereocenters. The predicted octanol–water partition coefficient (Wildman–Crippen LogP) is 3.25. The first kappa shape index (κ1) is 16.7. The number of aromatic nitrogens is 2. The summed E-state index contributed by atoms with van der Waals surface area (Å²) in [4.78, 5) is 10.5. The van der Waals surface area contributed by atoms with Gasteiger partial charge in [-0.2, -0.15) is 13.2 Å². The van der Waals surface area contributed by atoms with E-state index in [2.05, 4.69) is 15.5 Å². The maximum atomic E-state index is 12.3. The van der Waals surface area contributed by atoms with Gasteiger partial charge in [0.1, 0.15) is 0 Å². The molecule has 0 fully saturated rings. The van der Waals surface area contributed by atoms with Gasteiger partial charge in [0.2, 0.25) is 10.1 Å². The molecule has 0 aromatic carbocycles. The smallest absolute Gasteiger partial charge is 0.445 e. The van der Waals surface area contributed by atoms with E-state index >= 15 is 0 Å². The molecule has 20 heavy (non-hydrogen) atoms. The summed E-state index contributed by atoms with van der Waals surface area (Å²) >= 11 is 0.465. The minimum atomic E-state index is -4.47. The number of nitrogens with zero attached hydrogens (tertiary/aromatic N) is 2. The molecule has 1 aromatic heterocycles. The number of hydrogen-bond donors (Lipinski definition) is 2. The zero-order valence-corrected chi connectivity index (χ0v) is 11.7. The summed E-state index contributed by atoms with van der Waals surface area (Å²) in [5.41, 5.74) is 0. The Morgan fingerprint density at radius 1 is 1.40 bits per heavy atom. The SMILES string of the molecule is CCC(CCNc1nnc(C(F)(F)F)s1)CCC(=O)O. The van der Waals surface area contributed by atoms with Crippen LogP contribution in [0.5, 0.6) is 0 Å². The summed E-state index contributed by atoms with van der Waals surface area (Å²) in [6.07, 6.45) is -2.28. The van der Waals surface area contributed by atoms with Crippen LogP contribution in [0.1, 0.15) is 37.6 Å². The number of hydrogen-bond acceptors (Lipinski definition) is 5. The number of carboxylic acid groups (broad SMARTS) is 1. The van der Waals surface area contributed by atoms with Crippen LogP contribution in [0.4, 0.5) is 18.3 Å². The van der Waals surface area contributed by atoms with Crippen LogP contribution in [0.15, 0.2) is 0 Å². The lowest BCUT2D eigenvalue weighted by atomic mass is 9.97. The van der Waals surface area contributed by atoms with Crippen LogP contribution < -0.4 is 5.32 Å². The molecule has 5 nitrogen and oxygen atoms in total. The third-order valence-electron chi connectivity index (χ3n) is 2.84. The molecule has 0 aliphatic carbocycles. The number of rotatable bonds is 8. The third-order valence-corrected chi connectivity index (χ3v) is 3.77. The summed E-state index contributed by atoms with van der Waals surface area (Å²) in [5, 5.41) is 17.0. The monoisotopic (exact) mass is 311 g/mol. The fourth-order valence-electron chi connectivity index (χ4n) is 1.67. The summed E-state index contributed by atoms with van der Waals surface area (Å²) in [5.74, 6) is -0.607. The first-order valence-corrected chi connectivity index (χ1v) is 7.01. The van der Waals surface area contributed by atoms with Crippen molar-refractivity contribution in [1.82, 2.24) is 10.2 Å². The molecule has 0 aliphatic rings. The van der Waals surface area contributed by atoms with Gasteiger partial charge in [-0.1, -0.05) is 24.7 Å². The van der Waals surface area contributed by atoms with Crippen LogP contribution in [-0.2, 0) is 11.0 Å². The average Bonchev–Trinajstić information content (AvgIpc) is 2.81. The van der Waals surface area contributed by atoms with Gasteiger partial charge in [-0.3, -0.25) is 4.79 Å². The van der Waals surface area contributed by atoms with Crippen LogP contribution in [-0.4, -0.2) is 27.8 Å². The van der Waals surface area contributed by atoms with E-state index in [1.54, 1.807) is 0 Å². The second-order valence-corrected chi connectivity index (χ2v) is 5.31. The van der Waals surface area contributed by atoms with Crippen molar-refractivity contribution in [2.45, 2.75) is 38.8 Å². The molecule has 114 valence electrons. The summed E-state index contributed by atoms with van der Waals surface area (Å²) < 4.78 is 36.9. The van der Waals surface area contributed by atoms with Gasteiger partial charge in [-0.05, 0) is 18.8 Å². The van der Waals surface area contributed by atoms with Gasteiger partial charge in [0.05, 0.1) is 0 Å². The molecule has 1 rings (SSSR count). The van der Waals surface area contributed by atoms with E-state index in [-0.39, 0.29) is 17.5 Å². The maximum Gasteiger partial charge on any atom is 0.445 e. The number of alkyl halides is 3. The van der Waals surface area contributed by atoms with E-state index in [0.717, 1.165) is 6.42 Å². The van der Waals surface area contributed by atoms with Crippen molar-refractivity contribution in [2.75, 3.05) is 11.9 Å². The second-order valence-electron chi connectivity index (χ2n) is 4.33. The van der Waals surface area contributed by atoms with Gasteiger partial charge in [0, 0.05) is 13.0 Å². The molecule has 0 bridgehead atoms. The molecule has 1 heterocycles. The standard InChI is InChI=1S/C11H16F3N3O2S/c1-2-7(3-4-8(18)19)5-6-15-10-17-16-9(20-10)11(12,13)14/h7H,2-6H2,1H3,(H,15,17)(H,18,19). The Labute approximate surface area is 118 Å². The second kappa shape index (κ2) is 7.41. The Kier molecular flexibility index (Phi) is 6.18. The minimum absolute atomic E-state index is 0.107. The summed E-state index contributed by atoms with van der Waals surface area (Å²) in [6.45, 7) is 2.41. The molecular formula is C11H16F3N3O2S. The van der Waals surface area contributed by atoms with E-state index in [4.69, 9.17) is 5.11 Å². The average molecular weight is 311 g/mol. The topological polar surface area (TPSA) is 75.1 Å². The van der Waals surface area contributed by atoms with E-state index in [9.17, 15) is 18.0 Å². The van der Waals surface area contributed by atoms with Crippen molar-refractivity contribution in [3.63, 3.8) is 0 Å². The van der Waals surface area contributed by atoms with Crippen molar-refractivity contribution in [1.29, 1.82) is 0 Å². The lowest BCUT2D eigenvalue weighted by Gasteiger charge is -2.13. The molecule has 1 aromatic rings. The zero-order chi connectivity index (χ0) is 15.2. The van der Waals surface area contributed by atoms with Crippen LogP contribution >= 0.6 is 11.3 Å². The Bertz CT molecular complexity index is 437. The largest absolute Gasteiger partial charge is 0.481 e. The van der Waals surface area contributed by atoms with Crippen molar-refractivity contribution in [3.05, 3.63) is 5.01 Å². The summed E-state index contributed by atoms with van der Waals surface area (Å²) in [6, 6.07) is 0. The van der Waals surface area contributed by atoms with Gasteiger partial charge < -0.3 is 10.4 Å². The molecule has 9 heteroatoms.